The van der Waals surface area contributed by atoms with Gasteiger partial charge in [0, 0.05) is 40.8 Å². The number of aromatic nitrogens is 1. The number of hydrogen-bond acceptors (Lipinski definition) is 4. The first kappa shape index (κ1) is 13.9. The van der Waals surface area contributed by atoms with E-state index in [0.29, 0.717) is 0 Å². The van der Waals surface area contributed by atoms with Crippen molar-refractivity contribution >= 4 is 22.8 Å². The Kier molecular flexibility index (Phi) is 4.80. The lowest BCUT2D eigenvalue weighted by molar-refractivity contribution is 0.969. The minimum atomic E-state index is 0.872. The molecule has 0 bridgehead atoms. The lowest BCUT2D eigenvalue weighted by Gasteiger charge is -2.08. The van der Waals surface area contributed by atoms with Crippen molar-refractivity contribution in [2.45, 2.75) is 33.7 Å². The van der Waals surface area contributed by atoms with Crippen LogP contribution in [0.4, 0.5) is 11.5 Å². The maximum absolute atomic E-state index is 4.30. The maximum atomic E-state index is 4.30. The van der Waals surface area contributed by atoms with Crippen LogP contribution in [0.25, 0.3) is 0 Å². The molecule has 0 fully saturated rings. The molecule has 2 heterocycles. The smallest absolute Gasteiger partial charge is 0.127 e. The van der Waals surface area contributed by atoms with Crippen LogP contribution < -0.4 is 10.6 Å². The van der Waals surface area contributed by atoms with Gasteiger partial charge in [-0.05, 0) is 38.0 Å². The van der Waals surface area contributed by atoms with Crippen LogP contribution in [0.5, 0.6) is 0 Å². The molecule has 2 rings (SSSR count). The molecule has 2 N–H and O–H groups in total. The molecule has 3 nitrogen and oxygen atoms in total. The first-order valence-corrected chi connectivity index (χ1v) is 7.50. The highest BCUT2D eigenvalue weighted by atomic mass is 32.1. The van der Waals surface area contributed by atoms with Crippen molar-refractivity contribution in [2.24, 2.45) is 0 Å². The molecule has 0 amide bonds. The summed E-state index contributed by atoms with van der Waals surface area (Å²) in [6, 6.07) is 6.32. The van der Waals surface area contributed by atoms with Crippen LogP contribution in [-0.4, -0.2) is 11.5 Å². The van der Waals surface area contributed by atoms with E-state index in [1.807, 2.05) is 23.6 Å². The molecule has 0 aliphatic rings. The van der Waals surface area contributed by atoms with Gasteiger partial charge in [-0.25, -0.2) is 4.98 Å². The normalized spacial score (nSPS) is 10.5. The fraction of sp³-hybridized carbons (Fsp3) is 0.400. The van der Waals surface area contributed by atoms with Gasteiger partial charge >= 0.3 is 0 Å². The van der Waals surface area contributed by atoms with E-state index in [9.17, 15) is 0 Å². The predicted octanol–water partition coefficient (Wildman–Crippen LogP) is 4.19. The van der Waals surface area contributed by atoms with Crippen LogP contribution >= 0.6 is 11.3 Å². The third kappa shape index (κ3) is 3.96. The van der Waals surface area contributed by atoms with E-state index in [4.69, 9.17) is 0 Å². The van der Waals surface area contributed by atoms with Crippen molar-refractivity contribution in [3.8, 4) is 0 Å². The van der Waals surface area contributed by atoms with E-state index >= 15 is 0 Å². The van der Waals surface area contributed by atoms with Crippen LogP contribution in [0, 0.1) is 13.8 Å². The average Bonchev–Trinajstić information content (AvgIpc) is 2.74. The van der Waals surface area contributed by atoms with Gasteiger partial charge in [0.05, 0.1) is 0 Å². The highest BCUT2D eigenvalue weighted by Gasteiger charge is 2.02. The quantitative estimate of drug-likeness (QED) is 0.830. The van der Waals surface area contributed by atoms with Crippen molar-refractivity contribution in [2.75, 3.05) is 17.2 Å². The van der Waals surface area contributed by atoms with Gasteiger partial charge in [0.15, 0.2) is 0 Å². The Morgan fingerprint density at radius 1 is 1.21 bits per heavy atom. The topological polar surface area (TPSA) is 37.0 Å². The summed E-state index contributed by atoms with van der Waals surface area (Å²) in [4.78, 5) is 7.07. The Labute approximate surface area is 119 Å². The number of rotatable bonds is 6. The summed E-state index contributed by atoms with van der Waals surface area (Å²) in [6.07, 6.45) is 2.94. The Morgan fingerprint density at radius 3 is 2.74 bits per heavy atom. The molecule has 0 unspecified atom stereocenters. The fourth-order valence-corrected chi connectivity index (χ4v) is 2.81. The first-order valence-electron chi connectivity index (χ1n) is 6.68. The second kappa shape index (κ2) is 6.57. The van der Waals surface area contributed by atoms with Crippen molar-refractivity contribution in [3.05, 3.63) is 39.7 Å². The highest BCUT2D eigenvalue weighted by molar-refractivity contribution is 7.12. The monoisotopic (exact) mass is 275 g/mol. The summed E-state index contributed by atoms with van der Waals surface area (Å²) >= 11 is 1.86. The van der Waals surface area contributed by atoms with Crippen LogP contribution in [0.2, 0.25) is 0 Å². The fourth-order valence-electron chi connectivity index (χ4n) is 1.82. The molecule has 0 radical (unpaired) electrons. The van der Waals surface area contributed by atoms with E-state index < -0.39 is 0 Å². The number of aryl methyl sites for hydroxylation is 2. The third-order valence-corrected chi connectivity index (χ3v) is 4.15. The Bertz CT molecular complexity index is 514. The van der Waals surface area contributed by atoms with Gasteiger partial charge in [0.25, 0.3) is 0 Å². The summed E-state index contributed by atoms with van der Waals surface area (Å²) < 4.78 is 0. The molecule has 0 aliphatic carbocycles. The summed E-state index contributed by atoms with van der Waals surface area (Å²) in [7, 11) is 0. The molecule has 0 saturated carbocycles. The molecule has 2 aromatic rings. The van der Waals surface area contributed by atoms with E-state index in [0.717, 1.165) is 31.0 Å². The minimum absolute atomic E-state index is 0.872. The van der Waals surface area contributed by atoms with Crippen LogP contribution in [0.3, 0.4) is 0 Å². The average molecular weight is 275 g/mol. The van der Waals surface area contributed by atoms with Crippen molar-refractivity contribution in [1.29, 1.82) is 0 Å². The Hall–Kier alpha value is -1.55. The van der Waals surface area contributed by atoms with Gasteiger partial charge < -0.3 is 10.6 Å². The standard InChI is InChI=1S/C15H21N3S/c1-4-6-16-15-9-13(5-7-17-15)18-10-14-8-11(2)12(3)19-14/h5,7-9H,4,6,10H2,1-3H3,(H2,16,17,18). The van der Waals surface area contributed by atoms with Crippen molar-refractivity contribution < 1.29 is 0 Å². The van der Waals surface area contributed by atoms with E-state index in [-0.39, 0.29) is 0 Å². The van der Waals surface area contributed by atoms with Crippen LogP contribution in [0.1, 0.15) is 28.7 Å². The number of thiophene rings is 1. The van der Waals surface area contributed by atoms with E-state index in [1.54, 1.807) is 0 Å². The van der Waals surface area contributed by atoms with Gasteiger partial charge in [0.1, 0.15) is 5.82 Å². The van der Waals surface area contributed by atoms with Gasteiger partial charge in [-0.2, -0.15) is 0 Å². The lowest BCUT2D eigenvalue weighted by Crippen LogP contribution is -2.03. The van der Waals surface area contributed by atoms with Crippen LogP contribution in [0.15, 0.2) is 24.4 Å². The number of hydrogen-bond donors (Lipinski definition) is 2. The van der Waals surface area contributed by atoms with E-state index in [2.05, 4.69) is 48.5 Å². The summed E-state index contributed by atoms with van der Waals surface area (Å²) in [6.45, 7) is 8.31. The molecule has 0 spiro atoms. The molecular formula is C15H21N3S. The minimum Gasteiger partial charge on any atom is -0.380 e. The zero-order valence-corrected chi connectivity index (χ0v) is 12.6. The third-order valence-electron chi connectivity index (χ3n) is 3.00. The molecule has 102 valence electrons. The highest BCUT2D eigenvalue weighted by Crippen LogP contribution is 2.22. The second-order valence-corrected chi connectivity index (χ2v) is 6.00. The van der Waals surface area contributed by atoms with Crippen molar-refractivity contribution in [3.63, 3.8) is 0 Å². The van der Waals surface area contributed by atoms with E-state index in [1.165, 1.54) is 15.3 Å². The maximum Gasteiger partial charge on any atom is 0.127 e. The zero-order chi connectivity index (χ0) is 13.7. The van der Waals surface area contributed by atoms with Crippen LogP contribution in [-0.2, 0) is 6.54 Å². The second-order valence-electron chi connectivity index (χ2n) is 4.66. The molecule has 4 heteroatoms. The lowest BCUT2D eigenvalue weighted by atomic mass is 10.3. The first-order chi connectivity index (χ1) is 9.19. The van der Waals surface area contributed by atoms with Gasteiger partial charge in [-0.1, -0.05) is 6.92 Å². The number of nitrogens with zero attached hydrogens (tertiary/aromatic N) is 1. The Balaban J connectivity index is 1.95. The Morgan fingerprint density at radius 2 is 2.05 bits per heavy atom. The predicted molar refractivity (Wildman–Crippen MR) is 84.1 cm³/mol. The zero-order valence-electron chi connectivity index (χ0n) is 11.8. The molecule has 19 heavy (non-hydrogen) atoms. The summed E-state index contributed by atoms with van der Waals surface area (Å²) in [5.74, 6) is 0.936. The molecular weight excluding hydrogens is 254 g/mol. The van der Waals surface area contributed by atoms with Gasteiger partial charge in [-0.3, -0.25) is 0 Å². The molecule has 2 aromatic heterocycles. The van der Waals surface area contributed by atoms with Gasteiger partial charge in [-0.15, -0.1) is 11.3 Å². The molecule has 0 aliphatic heterocycles. The van der Waals surface area contributed by atoms with Gasteiger partial charge in [0.2, 0.25) is 0 Å². The van der Waals surface area contributed by atoms with Crippen molar-refractivity contribution in [1.82, 2.24) is 4.98 Å². The number of pyridine rings is 1. The molecule has 0 saturated heterocycles. The molecule has 0 aromatic carbocycles. The number of nitrogens with one attached hydrogen (secondary N) is 2. The molecule has 0 atom stereocenters. The SMILES string of the molecule is CCCNc1cc(NCc2cc(C)c(C)s2)ccn1. The summed E-state index contributed by atoms with van der Waals surface area (Å²) in [5.41, 5.74) is 2.49. The largest absolute Gasteiger partial charge is 0.380 e. The number of anilines is 2. The summed E-state index contributed by atoms with van der Waals surface area (Å²) in [5, 5.41) is 6.75.